The molecule has 6 atom stereocenters. The number of thioether (sulfide) groups is 1. The Bertz CT molecular complexity index is 1560. The number of aliphatic hydroxyl groups excluding tert-OH is 1. The van der Waals surface area contributed by atoms with Crippen LogP contribution in [0.5, 0.6) is 0 Å². The van der Waals surface area contributed by atoms with Crippen molar-refractivity contribution in [3.8, 4) is 0 Å². The molecule has 1 fully saturated rings. The van der Waals surface area contributed by atoms with Crippen molar-refractivity contribution in [2.75, 3.05) is 12.0 Å². The number of aliphatic hydroxyl groups is 1. The summed E-state index contributed by atoms with van der Waals surface area (Å²) >= 11 is 1.34. The Morgan fingerprint density at radius 1 is 1.04 bits per heavy atom. The molecule has 244 valence electrons. The SMILES string of the molecule is CC1CC(CC(O)C(Cc2ccccc2)NC(=O)C(CSc2cccc3cccnc23)NS(C)(=O)=O)C(C(=O)NC(C)(C)C)C1. The lowest BCUT2D eigenvalue weighted by atomic mass is 9.86. The van der Waals surface area contributed by atoms with Crippen LogP contribution in [0.1, 0.15) is 52.5 Å². The third-order valence-corrected chi connectivity index (χ3v) is 9.93. The Hall–Kier alpha value is -2.99. The first kappa shape index (κ1) is 34.9. The van der Waals surface area contributed by atoms with E-state index in [-0.39, 0.29) is 29.0 Å². The van der Waals surface area contributed by atoms with Crippen LogP contribution in [-0.2, 0) is 26.0 Å². The molecule has 45 heavy (non-hydrogen) atoms. The molecule has 4 rings (SSSR count). The number of carbonyl (C=O) groups is 2. The summed E-state index contributed by atoms with van der Waals surface area (Å²) in [7, 11) is -3.73. The number of sulfonamides is 1. The third kappa shape index (κ3) is 10.5. The van der Waals surface area contributed by atoms with Gasteiger partial charge in [0.1, 0.15) is 6.04 Å². The van der Waals surface area contributed by atoms with E-state index in [1.54, 1.807) is 6.20 Å². The number of benzene rings is 2. The molecule has 0 aliphatic heterocycles. The average molecular weight is 655 g/mol. The summed E-state index contributed by atoms with van der Waals surface area (Å²) in [4.78, 5) is 32.3. The molecule has 0 spiro atoms. The number of para-hydroxylation sites is 1. The highest BCUT2D eigenvalue weighted by molar-refractivity contribution is 7.99. The fourth-order valence-corrected chi connectivity index (χ4v) is 8.02. The minimum absolute atomic E-state index is 0.00920. The first-order chi connectivity index (χ1) is 21.2. The highest BCUT2D eigenvalue weighted by Gasteiger charge is 2.40. The van der Waals surface area contributed by atoms with Crippen LogP contribution in [0.25, 0.3) is 10.9 Å². The van der Waals surface area contributed by atoms with Gasteiger partial charge in [0.15, 0.2) is 0 Å². The molecule has 11 heteroatoms. The van der Waals surface area contributed by atoms with Gasteiger partial charge >= 0.3 is 0 Å². The van der Waals surface area contributed by atoms with Gasteiger partial charge in [-0.2, -0.15) is 0 Å². The van der Waals surface area contributed by atoms with E-state index < -0.39 is 34.1 Å². The topological polar surface area (TPSA) is 137 Å². The van der Waals surface area contributed by atoms with Gasteiger partial charge in [-0.15, -0.1) is 11.8 Å². The van der Waals surface area contributed by atoms with Crippen LogP contribution in [0.4, 0.5) is 0 Å². The lowest BCUT2D eigenvalue weighted by Gasteiger charge is -2.31. The first-order valence-electron chi connectivity index (χ1n) is 15.5. The zero-order valence-electron chi connectivity index (χ0n) is 26.7. The van der Waals surface area contributed by atoms with E-state index in [1.807, 2.05) is 81.4 Å². The van der Waals surface area contributed by atoms with Gasteiger partial charge in [0.25, 0.3) is 0 Å². The molecule has 1 aliphatic rings. The fraction of sp³-hybridized carbons (Fsp3) is 0.500. The molecule has 9 nitrogen and oxygen atoms in total. The summed E-state index contributed by atoms with van der Waals surface area (Å²) in [5.41, 5.74) is 1.33. The van der Waals surface area contributed by atoms with Crippen LogP contribution in [0.15, 0.2) is 71.8 Å². The second-order valence-electron chi connectivity index (χ2n) is 13.4. The van der Waals surface area contributed by atoms with Crippen molar-refractivity contribution in [2.24, 2.45) is 17.8 Å². The van der Waals surface area contributed by atoms with Crippen molar-refractivity contribution in [2.45, 2.75) is 82.0 Å². The van der Waals surface area contributed by atoms with Crippen molar-refractivity contribution in [3.05, 3.63) is 72.4 Å². The lowest BCUT2D eigenvalue weighted by Crippen LogP contribution is -2.54. The minimum atomic E-state index is -3.73. The van der Waals surface area contributed by atoms with Gasteiger partial charge in [0.2, 0.25) is 21.8 Å². The molecule has 4 N–H and O–H groups in total. The van der Waals surface area contributed by atoms with Crippen LogP contribution in [0, 0.1) is 17.8 Å². The Labute approximate surface area is 271 Å². The highest BCUT2D eigenvalue weighted by atomic mass is 32.2. The van der Waals surface area contributed by atoms with Crippen LogP contribution >= 0.6 is 11.8 Å². The molecule has 1 aromatic heterocycles. The molecule has 1 aliphatic carbocycles. The molecule has 1 saturated carbocycles. The summed E-state index contributed by atoms with van der Waals surface area (Å²) in [6.07, 6.45) is 4.00. The molecule has 2 amide bonds. The van der Waals surface area contributed by atoms with E-state index in [0.29, 0.717) is 18.8 Å². The molecule has 2 aromatic carbocycles. The number of nitrogens with zero attached hydrogens (tertiary/aromatic N) is 1. The fourth-order valence-electron chi connectivity index (χ4n) is 6.14. The summed E-state index contributed by atoms with van der Waals surface area (Å²) in [5, 5.41) is 18.7. The van der Waals surface area contributed by atoms with E-state index in [2.05, 4.69) is 27.3 Å². The molecule has 0 bridgehead atoms. The Balaban J connectivity index is 1.53. The number of nitrogens with one attached hydrogen (secondary N) is 3. The molecular formula is C34H46N4O5S2. The maximum atomic E-state index is 13.8. The maximum Gasteiger partial charge on any atom is 0.239 e. The number of amides is 2. The predicted octanol–water partition coefficient (Wildman–Crippen LogP) is 4.30. The van der Waals surface area contributed by atoms with Crippen molar-refractivity contribution in [1.29, 1.82) is 0 Å². The molecule has 0 radical (unpaired) electrons. The lowest BCUT2D eigenvalue weighted by molar-refractivity contribution is -0.128. The predicted molar refractivity (Wildman–Crippen MR) is 180 cm³/mol. The summed E-state index contributed by atoms with van der Waals surface area (Å²) in [6, 6.07) is 17.3. The van der Waals surface area contributed by atoms with Crippen molar-refractivity contribution in [1.82, 2.24) is 20.3 Å². The van der Waals surface area contributed by atoms with E-state index in [9.17, 15) is 23.1 Å². The van der Waals surface area contributed by atoms with Crippen molar-refractivity contribution >= 4 is 44.5 Å². The number of pyridine rings is 1. The number of fused-ring (bicyclic) bond motifs is 1. The van der Waals surface area contributed by atoms with Crippen LogP contribution in [0.3, 0.4) is 0 Å². The molecule has 3 aromatic rings. The minimum Gasteiger partial charge on any atom is -0.391 e. The average Bonchev–Trinajstić information content (AvgIpc) is 3.33. The van der Waals surface area contributed by atoms with Crippen LogP contribution in [0.2, 0.25) is 0 Å². The number of hydrogen-bond acceptors (Lipinski definition) is 7. The summed E-state index contributed by atoms with van der Waals surface area (Å²) in [5.74, 6) is -0.353. The van der Waals surface area contributed by atoms with E-state index in [4.69, 9.17) is 0 Å². The second-order valence-corrected chi connectivity index (χ2v) is 16.2. The summed E-state index contributed by atoms with van der Waals surface area (Å²) < 4.78 is 27.2. The molecular weight excluding hydrogens is 609 g/mol. The molecule has 1 heterocycles. The van der Waals surface area contributed by atoms with Gasteiger partial charge in [0.05, 0.1) is 23.9 Å². The zero-order chi connectivity index (χ0) is 32.8. The number of carbonyl (C=O) groups excluding carboxylic acids is 2. The van der Waals surface area contributed by atoms with Crippen molar-refractivity contribution in [3.63, 3.8) is 0 Å². The van der Waals surface area contributed by atoms with Gasteiger partial charge in [-0.3, -0.25) is 14.6 Å². The molecule has 0 saturated heterocycles. The van der Waals surface area contributed by atoms with E-state index in [0.717, 1.165) is 40.5 Å². The van der Waals surface area contributed by atoms with Gasteiger partial charge in [-0.25, -0.2) is 13.1 Å². The standard InChI is InChI=1S/C34H46N4O5S2/c1-22-17-25(26(18-22)32(40)37-34(2,3)4)20-29(39)27(19-23-11-7-6-8-12-23)36-33(41)28(38-45(5,42)43)21-44-30-15-9-13-24-14-10-16-35-31(24)30/h6-16,22,25-29,38-39H,17-21H2,1-5H3,(H,36,41)(H,37,40). The number of aromatic nitrogens is 1. The van der Waals surface area contributed by atoms with Gasteiger partial charge in [-0.05, 0) is 76.0 Å². The number of rotatable bonds is 13. The Morgan fingerprint density at radius 3 is 2.44 bits per heavy atom. The van der Waals surface area contributed by atoms with Crippen molar-refractivity contribution < 1.29 is 23.1 Å². The monoisotopic (exact) mass is 654 g/mol. The third-order valence-electron chi connectivity index (χ3n) is 8.07. The molecule has 6 unspecified atom stereocenters. The Kier molecular flexibility index (Phi) is 11.7. The summed E-state index contributed by atoms with van der Waals surface area (Å²) in [6.45, 7) is 7.98. The van der Waals surface area contributed by atoms with E-state index in [1.165, 1.54) is 11.8 Å². The quantitative estimate of drug-likeness (QED) is 0.202. The largest absolute Gasteiger partial charge is 0.391 e. The van der Waals surface area contributed by atoms with Crippen LogP contribution in [-0.4, -0.2) is 66.1 Å². The van der Waals surface area contributed by atoms with E-state index >= 15 is 0 Å². The highest BCUT2D eigenvalue weighted by Crippen LogP contribution is 2.40. The van der Waals surface area contributed by atoms with Gasteiger partial charge < -0.3 is 15.7 Å². The van der Waals surface area contributed by atoms with Gasteiger partial charge in [-0.1, -0.05) is 55.5 Å². The first-order valence-corrected chi connectivity index (χ1v) is 18.3. The zero-order valence-corrected chi connectivity index (χ0v) is 28.3. The number of hydrogen-bond donors (Lipinski definition) is 4. The second kappa shape index (κ2) is 15.1. The smallest absolute Gasteiger partial charge is 0.239 e. The normalized spacial score (nSPS) is 20.8. The van der Waals surface area contributed by atoms with Crippen LogP contribution < -0.4 is 15.4 Å². The Morgan fingerprint density at radius 2 is 1.76 bits per heavy atom. The van der Waals surface area contributed by atoms with Gasteiger partial charge in [0, 0.05) is 33.7 Å². The maximum absolute atomic E-state index is 13.8.